The highest BCUT2D eigenvalue weighted by Crippen LogP contribution is 2.21. The molecular formula is C17H37N3O. The van der Waals surface area contributed by atoms with Crippen LogP contribution in [0.25, 0.3) is 0 Å². The Morgan fingerprint density at radius 2 is 1.67 bits per heavy atom. The van der Waals surface area contributed by atoms with E-state index in [2.05, 4.69) is 32.6 Å². The maximum Gasteiger partial charge on any atom is 0.222 e. The van der Waals surface area contributed by atoms with Gasteiger partial charge in [-0.2, -0.15) is 0 Å². The Kier molecular flexibility index (Phi) is 10.7. The van der Waals surface area contributed by atoms with Gasteiger partial charge in [0.05, 0.1) is 0 Å². The third kappa shape index (κ3) is 9.86. The van der Waals surface area contributed by atoms with E-state index in [0.29, 0.717) is 36.6 Å². The quantitative estimate of drug-likeness (QED) is 0.637. The minimum Gasteiger partial charge on any atom is -0.341 e. The van der Waals surface area contributed by atoms with Crippen LogP contribution in [-0.2, 0) is 4.79 Å². The molecule has 0 heterocycles. The first-order chi connectivity index (χ1) is 9.77. The molecule has 0 aliphatic carbocycles. The summed E-state index contributed by atoms with van der Waals surface area (Å²) in [6.07, 6.45) is 2.64. The van der Waals surface area contributed by atoms with Gasteiger partial charge < -0.3 is 15.5 Å². The SMILES string of the molecule is CC(C)CN(CCN(C)C)C(=O)CCC(CCN)C(C)C. The van der Waals surface area contributed by atoms with Crippen molar-refractivity contribution in [3.05, 3.63) is 0 Å². The van der Waals surface area contributed by atoms with E-state index in [1.54, 1.807) is 0 Å². The molecule has 0 rings (SSSR count). The number of hydrogen-bond acceptors (Lipinski definition) is 3. The molecule has 4 heteroatoms. The Morgan fingerprint density at radius 1 is 1.05 bits per heavy atom. The van der Waals surface area contributed by atoms with Crippen molar-refractivity contribution in [1.29, 1.82) is 0 Å². The minimum atomic E-state index is 0.299. The van der Waals surface area contributed by atoms with Crippen molar-refractivity contribution in [1.82, 2.24) is 9.80 Å². The van der Waals surface area contributed by atoms with Crippen LogP contribution in [0.3, 0.4) is 0 Å². The summed E-state index contributed by atoms with van der Waals surface area (Å²) in [6, 6.07) is 0. The Morgan fingerprint density at radius 3 is 2.10 bits per heavy atom. The summed E-state index contributed by atoms with van der Waals surface area (Å²) in [6.45, 7) is 12.1. The van der Waals surface area contributed by atoms with Gasteiger partial charge >= 0.3 is 0 Å². The molecule has 0 aromatic carbocycles. The van der Waals surface area contributed by atoms with Crippen LogP contribution in [-0.4, -0.2) is 56.0 Å². The second-order valence-corrected chi connectivity index (χ2v) is 7.16. The Labute approximate surface area is 132 Å². The number of likely N-dealkylation sites (N-methyl/N-ethyl adjacent to an activating group) is 1. The third-order valence-electron chi connectivity index (χ3n) is 3.96. The predicted molar refractivity (Wildman–Crippen MR) is 91.2 cm³/mol. The molecule has 0 aliphatic heterocycles. The molecule has 0 saturated heterocycles. The first kappa shape index (κ1) is 20.4. The lowest BCUT2D eigenvalue weighted by molar-refractivity contribution is -0.132. The topological polar surface area (TPSA) is 49.6 Å². The van der Waals surface area contributed by atoms with Crippen LogP contribution in [0, 0.1) is 17.8 Å². The van der Waals surface area contributed by atoms with Crippen molar-refractivity contribution in [2.45, 2.75) is 47.0 Å². The zero-order valence-electron chi connectivity index (χ0n) is 15.1. The van der Waals surface area contributed by atoms with Crippen LogP contribution < -0.4 is 5.73 Å². The Balaban J connectivity index is 4.43. The fourth-order valence-electron chi connectivity index (χ4n) is 2.57. The summed E-state index contributed by atoms with van der Waals surface area (Å²) >= 11 is 0. The first-order valence-electron chi connectivity index (χ1n) is 8.40. The predicted octanol–water partition coefficient (Wildman–Crippen LogP) is 2.43. The largest absolute Gasteiger partial charge is 0.341 e. The molecule has 1 amide bonds. The Bertz CT molecular complexity index is 277. The molecule has 126 valence electrons. The molecule has 0 aromatic rings. The lowest BCUT2D eigenvalue weighted by Crippen LogP contribution is -2.39. The van der Waals surface area contributed by atoms with Gasteiger partial charge in [0.15, 0.2) is 0 Å². The molecule has 2 N–H and O–H groups in total. The lowest BCUT2D eigenvalue weighted by Gasteiger charge is -2.27. The van der Waals surface area contributed by atoms with Gasteiger partial charge in [0, 0.05) is 26.1 Å². The standard InChI is InChI=1S/C17H37N3O/c1-14(2)13-20(12-11-19(5)6)17(21)8-7-16(9-10-18)15(3)4/h14-16H,7-13,18H2,1-6H3. The number of nitrogens with two attached hydrogens (primary N) is 1. The fraction of sp³-hybridized carbons (Fsp3) is 0.941. The maximum atomic E-state index is 12.5. The molecule has 0 aliphatic rings. The maximum absolute atomic E-state index is 12.5. The highest BCUT2D eigenvalue weighted by Gasteiger charge is 2.18. The molecule has 0 radical (unpaired) electrons. The summed E-state index contributed by atoms with van der Waals surface area (Å²) in [4.78, 5) is 16.7. The van der Waals surface area contributed by atoms with Crippen LogP contribution >= 0.6 is 0 Å². The lowest BCUT2D eigenvalue weighted by atomic mass is 9.88. The summed E-state index contributed by atoms with van der Waals surface area (Å²) in [7, 11) is 4.10. The van der Waals surface area contributed by atoms with Crippen molar-refractivity contribution in [2.75, 3.05) is 40.3 Å². The summed E-state index contributed by atoms with van der Waals surface area (Å²) in [5.41, 5.74) is 5.68. The smallest absolute Gasteiger partial charge is 0.222 e. The van der Waals surface area contributed by atoms with Crippen molar-refractivity contribution in [2.24, 2.45) is 23.5 Å². The zero-order valence-corrected chi connectivity index (χ0v) is 15.1. The van der Waals surface area contributed by atoms with Gasteiger partial charge in [0.1, 0.15) is 0 Å². The van der Waals surface area contributed by atoms with Gasteiger partial charge in [0.25, 0.3) is 0 Å². The van der Waals surface area contributed by atoms with Crippen LogP contribution in [0.2, 0.25) is 0 Å². The molecule has 0 saturated carbocycles. The van der Waals surface area contributed by atoms with Crippen molar-refractivity contribution in [3.8, 4) is 0 Å². The Hall–Kier alpha value is -0.610. The number of carbonyl (C=O) groups is 1. The number of hydrogen-bond donors (Lipinski definition) is 1. The van der Waals surface area contributed by atoms with Gasteiger partial charge in [-0.15, -0.1) is 0 Å². The summed E-state index contributed by atoms with van der Waals surface area (Å²) < 4.78 is 0. The molecule has 1 unspecified atom stereocenters. The van der Waals surface area contributed by atoms with Gasteiger partial charge in [-0.25, -0.2) is 0 Å². The average Bonchev–Trinajstić information content (AvgIpc) is 2.38. The summed E-state index contributed by atoms with van der Waals surface area (Å²) in [5, 5.41) is 0. The van der Waals surface area contributed by atoms with Crippen LogP contribution in [0.4, 0.5) is 0 Å². The van der Waals surface area contributed by atoms with Gasteiger partial charge in [0.2, 0.25) is 5.91 Å². The number of nitrogens with zero attached hydrogens (tertiary/aromatic N) is 2. The van der Waals surface area contributed by atoms with Gasteiger partial charge in [-0.05, 0) is 51.2 Å². The van der Waals surface area contributed by atoms with Gasteiger partial charge in [-0.3, -0.25) is 4.79 Å². The molecule has 0 aromatic heterocycles. The second-order valence-electron chi connectivity index (χ2n) is 7.16. The van der Waals surface area contributed by atoms with E-state index in [4.69, 9.17) is 5.73 Å². The van der Waals surface area contributed by atoms with Crippen LogP contribution in [0.1, 0.15) is 47.0 Å². The first-order valence-corrected chi connectivity index (χ1v) is 8.40. The van der Waals surface area contributed by atoms with E-state index in [-0.39, 0.29) is 0 Å². The second kappa shape index (κ2) is 11.0. The molecule has 0 bridgehead atoms. The molecule has 0 spiro atoms. The van der Waals surface area contributed by atoms with E-state index >= 15 is 0 Å². The van der Waals surface area contributed by atoms with Crippen molar-refractivity contribution < 1.29 is 4.79 Å². The minimum absolute atomic E-state index is 0.299. The van der Waals surface area contributed by atoms with E-state index in [9.17, 15) is 4.79 Å². The highest BCUT2D eigenvalue weighted by molar-refractivity contribution is 5.76. The molecule has 0 fully saturated rings. The van der Waals surface area contributed by atoms with Gasteiger partial charge in [-0.1, -0.05) is 27.7 Å². The molecule has 4 nitrogen and oxygen atoms in total. The number of amides is 1. The average molecular weight is 300 g/mol. The van der Waals surface area contributed by atoms with E-state index < -0.39 is 0 Å². The zero-order chi connectivity index (χ0) is 16.4. The van der Waals surface area contributed by atoms with E-state index in [0.717, 1.165) is 32.5 Å². The van der Waals surface area contributed by atoms with Crippen LogP contribution in [0.5, 0.6) is 0 Å². The molecule has 21 heavy (non-hydrogen) atoms. The molecular weight excluding hydrogens is 262 g/mol. The molecule has 1 atom stereocenters. The van der Waals surface area contributed by atoms with Crippen molar-refractivity contribution >= 4 is 5.91 Å². The summed E-state index contributed by atoms with van der Waals surface area (Å²) in [5.74, 6) is 1.98. The van der Waals surface area contributed by atoms with Crippen molar-refractivity contribution in [3.63, 3.8) is 0 Å². The third-order valence-corrected chi connectivity index (χ3v) is 3.96. The monoisotopic (exact) mass is 299 g/mol. The fourth-order valence-corrected chi connectivity index (χ4v) is 2.57. The highest BCUT2D eigenvalue weighted by atomic mass is 16.2. The number of rotatable bonds is 11. The van der Waals surface area contributed by atoms with Crippen LogP contribution in [0.15, 0.2) is 0 Å². The normalized spacial score (nSPS) is 13.2. The van der Waals surface area contributed by atoms with E-state index in [1.807, 2.05) is 19.0 Å². The number of carbonyl (C=O) groups excluding carboxylic acids is 1. The van der Waals surface area contributed by atoms with E-state index in [1.165, 1.54) is 0 Å².